The first-order valence-electron chi connectivity index (χ1n) is 9.93. The van der Waals surface area contributed by atoms with Crippen LogP contribution in [0, 0.1) is 12.8 Å². The number of hydrogen-bond donors (Lipinski definition) is 3. The van der Waals surface area contributed by atoms with Crippen LogP contribution in [-0.4, -0.2) is 55.2 Å². The zero-order valence-corrected chi connectivity index (χ0v) is 17.5. The molecule has 1 aromatic carbocycles. The number of nitrogens with one attached hydrogen (secondary N) is 3. The van der Waals surface area contributed by atoms with Crippen LogP contribution >= 0.6 is 0 Å². The van der Waals surface area contributed by atoms with E-state index >= 15 is 0 Å². The van der Waals surface area contributed by atoms with Gasteiger partial charge >= 0.3 is 0 Å². The normalized spacial score (nSPS) is 14.8. The molecule has 0 unspecified atom stereocenters. The molecule has 3 N–H and O–H groups in total. The number of aldehydes is 1. The number of anilines is 4. The molecule has 2 aromatic rings. The maximum Gasteiger partial charge on any atom is 0.229 e. The Morgan fingerprint density at radius 1 is 1.31 bits per heavy atom. The van der Waals surface area contributed by atoms with Crippen LogP contribution in [0.3, 0.4) is 0 Å². The van der Waals surface area contributed by atoms with E-state index < -0.39 is 0 Å². The second-order valence-corrected chi connectivity index (χ2v) is 7.35. The second kappa shape index (κ2) is 9.47. The highest BCUT2D eigenvalue weighted by atomic mass is 16.1. The fourth-order valence-electron chi connectivity index (χ4n) is 3.25. The highest BCUT2D eigenvalue weighted by Gasteiger charge is 2.13. The van der Waals surface area contributed by atoms with E-state index in [1.54, 1.807) is 13.2 Å². The van der Waals surface area contributed by atoms with Crippen LogP contribution in [0.5, 0.6) is 0 Å². The first-order chi connectivity index (χ1) is 14.0. The average molecular weight is 396 g/mol. The molecule has 2 heterocycles. The predicted octanol–water partition coefficient (Wildman–Crippen LogP) is 2.91. The zero-order valence-electron chi connectivity index (χ0n) is 17.5. The first-order valence-corrected chi connectivity index (χ1v) is 9.93. The summed E-state index contributed by atoms with van der Waals surface area (Å²) >= 11 is 0. The van der Waals surface area contributed by atoms with E-state index in [1.807, 2.05) is 19.9 Å². The van der Waals surface area contributed by atoms with Crippen molar-refractivity contribution in [3.05, 3.63) is 30.0 Å². The summed E-state index contributed by atoms with van der Waals surface area (Å²) in [7, 11) is 1.77. The molecule has 1 aliphatic heterocycles. The molecule has 3 rings (SSSR count). The van der Waals surface area contributed by atoms with Crippen molar-refractivity contribution in [2.24, 2.45) is 10.9 Å². The summed E-state index contributed by atoms with van der Waals surface area (Å²) in [6.07, 6.45) is 2.40. The van der Waals surface area contributed by atoms with Crippen LogP contribution in [-0.2, 0) is 4.79 Å². The van der Waals surface area contributed by atoms with Gasteiger partial charge in [0, 0.05) is 44.6 Å². The van der Waals surface area contributed by atoms with Crippen LogP contribution in [0.2, 0.25) is 0 Å². The Labute approximate surface area is 171 Å². The molecular weight excluding hydrogens is 366 g/mol. The highest BCUT2D eigenvalue weighted by Crippen LogP contribution is 2.27. The third-order valence-electron chi connectivity index (χ3n) is 4.88. The van der Waals surface area contributed by atoms with E-state index in [0.717, 1.165) is 38.2 Å². The van der Waals surface area contributed by atoms with Crippen LogP contribution < -0.4 is 20.9 Å². The summed E-state index contributed by atoms with van der Waals surface area (Å²) in [6.45, 7) is 10.0. The third kappa shape index (κ3) is 5.08. The average Bonchev–Trinajstić information content (AvgIpc) is 2.73. The number of benzene rings is 1. The van der Waals surface area contributed by atoms with Gasteiger partial charge in [0.05, 0.1) is 11.9 Å². The van der Waals surface area contributed by atoms with Crippen molar-refractivity contribution in [2.75, 3.05) is 48.8 Å². The number of carbonyl (C=O) groups is 1. The minimum absolute atomic E-state index is 0.0344. The Kier molecular flexibility index (Phi) is 6.77. The molecule has 0 radical (unpaired) electrons. The number of hydrogen-bond acceptors (Lipinski definition) is 8. The first kappa shape index (κ1) is 20.7. The summed E-state index contributed by atoms with van der Waals surface area (Å²) < 4.78 is 0. The van der Waals surface area contributed by atoms with Crippen molar-refractivity contribution in [2.45, 2.75) is 20.8 Å². The lowest BCUT2D eigenvalue weighted by molar-refractivity contribution is -0.102. The van der Waals surface area contributed by atoms with Gasteiger partial charge in [0.2, 0.25) is 5.95 Å². The zero-order chi connectivity index (χ0) is 20.8. The molecule has 0 saturated carbocycles. The molecule has 0 amide bonds. The van der Waals surface area contributed by atoms with Crippen LogP contribution in [0.4, 0.5) is 28.8 Å². The molecule has 154 valence electrons. The lowest BCUT2D eigenvalue weighted by Crippen LogP contribution is -2.43. The number of rotatable bonds is 7. The quantitative estimate of drug-likeness (QED) is 0.490. The van der Waals surface area contributed by atoms with Gasteiger partial charge in [-0.05, 0) is 36.6 Å². The predicted molar refractivity (Wildman–Crippen MR) is 119 cm³/mol. The van der Waals surface area contributed by atoms with Crippen molar-refractivity contribution >= 4 is 40.8 Å². The Balaban J connectivity index is 1.79. The lowest BCUT2D eigenvalue weighted by Gasteiger charge is -2.30. The van der Waals surface area contributed by atoms with Gasteiger partial charge in [0.25, 0.3) is 0 Å². The van der Waals surface area contributed by atoms with Crippen molar-refractivity contribution in [1.29, 1.82) is 0 Å². The van der Waals surface area contributed by atoms with Crippen LogP contribution in [0.1, 0.15) is 19.4 Å². The number of aryl methyl sites for hydroxylation is 1. The van der Waals surface area contributed by atoms with E-state index in [-0.39, 0.29) is 5.92 Å². The van der Waals surface area contributed by atoms with Crippen molar-refractivity contribution in [3.63, 3.8) is 0 Å². The van der Waals surface area contributed by atoms with Gasteiger partial charge in [-0.15, -0.1) is 0 Å². The standard InChI is InChI=1S/C21H29N7O/c1-14(2)18(13-29)26-17-12-24-21(27-20(17)22-4)25-16-5-6-19(15(3)11-16)28-9-7-23-8-10-28/h5-6,11-14,23H,7-10H2,1-4H3,(H2,22,24,25,27). The molecule has 0 aliphatic carbocycles. The van der Waals surface area contributed by atoms with Crippen LogP contribution in [0.15, 0.2) is 29.4 Å². The minimum Gasteiger partial charge on any atom is -0.371 e. The fraction of sp³-hybridized carbons (Fsp3) is 0.429. The van der Waals surface area contributed by atoms with Gasteiger partial charge in [-0.25, -0.2) is 9.98 Å². The molecule has 8 nitrogen and oxygen atoms in total. The van der Waals surface area contributed by atoms with E-state index in [0.29, 0.717) is 23.2 Å². The molecule has 1 aromatic heterocycles. The molecule has 8 heteroatoms. The van der Waals surface area contributed by atoms with E-state index in [2.05, 4.69) is 54.9 Å². The molecular formula is C21H29N7O. The number of aromatic nitrogens is 2. The molecule has 0 atom stereocenters. The summed E-state index contributed by atoms with van der Waals surface area (Å²) in [6, 6.07) is 6.29. The summed E-state index contributed by atoms with van der Waals surface area (Å²) in [5.74, 6) is 1.07. The number of nitrogens with zero attached hydrogens (tertiary/aromatic N) is 4. The SMILES string of the molecule is CNc1nc(Nc2ccc(N3CCNCC3)c(C)c2)ncc1N=C(C=O)C(C)C. The molecule has 0 bridgehead atoms. The smallest absolute Gasteiger partial charge is 0.229 e. The van der Waals surface area contributed by atoms with Crippen molar-refractivity contribution < 1.29 is 4.79 Å². The van der Waals surface area contributed by atoms with Crippen molar-refractivity contribution in [1.82, 2.24) is 15.3 Å². The fourth-order valence-corrected chi connectivity index (χ4v) is 3.25. The van der Waals surface area contributed by atoms with E-state index in [9.17, 15) is 4.79 Å². The van der Waals surface area contributed by atoms with Crippen molar-refractivity contribution in [3.8, 4) is 0 Å². The monoisotopic (exact) mass is 395 g/mol. The topological polar surface area (TPSA) is 94.5 Å². The number of aliphatic imine (C=N–C) groups is 1. The largest absolute Gasteiger partial charge is 0.371 e. The molecule has 1 aliphatic rings. The van der Waals surface area contributed by atoms with Gasteiger partial charge in [-0.3, -0.25) is 4.79 Å². The summed E-state index contributed by atoms with van der Waals surface area (Å²) in [5, 5.41) is 9.66. The van der Waals surface area contributed by atoms with Gasteiger partial charge in [-0.1, -0.05) is 13.8 Å². The van der Waals surface area contributed by atoms with Gasteiger partial charge < -0.3 is 20.9 Å². The van der Waals surface area contributed by atoms with E-state index in [1.165, 1.54) is 11.3 Å². The van der Waals surface area contributed by atoms with Crippen LogP contribution in [0.25, 0.3) is 0 Å². The summed E-state index contributed by atoms with van der Waals surface area (Å²) in [5.41, 5.74) is 4.40. The minimum atomic E-state index is 0.0344. The highest BCUT2D eigenvalue weighted by molar-refractivity contribution is 6.29. The summed E-state index contributed by atoms with van der Waals surface area (Å²) in [4.78, 5) is 26.9. The maximum atomic E-state index is 11.2. The van der Waals surface area contributed by atoms with Gasteiger partial charge in [0.15, 0.2) is 12.1 Å². The third-order valence-corrected chi connectivity index (χ3v) is 4.88. The molecule has 1 fully saturated rings. The Hall–Kier alpha value is -3.00. The second-order valence-electron chi connectivity index (χ2n) is 7.35. The molecule has 1 saturated heterocycles. The Bertz CT molecular complexity index is 889. The Morgan fingerprint density at radius 2 is 2.07 bits per heavy atom. The number of carbonyl (C=O) groups excluding carboxylic acids is 1. The maximum absolute atomic E-state index is 11.2. The van der Waals surface area contributed by atoms with Gasteiger partial charge in [0.1, 0.15) is 5.69 Å². The van der Waals surface area contributed by atoms with Gasteiger partial charge in [-0.2, -0.15) is 4.98 Å². The molecule has 0 spiro atoms. The lowest BCUT2D eigenvalue weighted by atomic mass is 10.1. The number of piperazine rings is 1. The molecule has 29 heavy (non-hydrogen) atoms. The van der Waals surface area contributed by atoms with E-state index in [4.69, 9.17) is 0 Å². The Morgan fingerprint density at radius 3 is 2.69 bits per heavy atom.